The van der Waals surface area contributed by atoms with E-state index >= 15 is 0 Å². The Kier molecular flexibility index (Phi) is 3.19. The van der Waals surface area contributed by atoms with Crippen LogP contribution in [0.4, 0.5) is 5.69 Å². The summed E-state index contributed by atoms with van der Waals surface area (Å²) in [5.41, 5.74) is 8.73. The van der Waals surface area contributed by atoms with Gasteiger partial charge in [0.1, 0.15) is 0 Å². The zero-order chi connectivity index (χ0) is 12.3. The van der Waals surface area contributed by atoms with E-state index in [2.05, 4.69) is 6.08 Å². The molecule has 0 fully saturated rings. The number of aldehydes is 2. The molecular weight excluding hydrogens is 214 g/mol. The number of rotatable bonds is 3. The maximum absolute atomic E-state index is 10.9. The Morgan fingerprint density at radius 3 is 2.24 bits per heavy atom. The molecule has 1 aromatic rings. The van der Waals surface area contributed by atoms with Gasteiger partial charge in [0, 0.05) is 11.1 Å². The monoisotopic (exact) mass is 227 g/mol. The molecule has 3 heteroatoms. The fraction of sp³-hybridized carbons (Fsp3) is 0.143. The number of hydrogen-bond acceptors (Lipinski definition) is 3. The Labute approximate surface area is 99.6 Å². The van der Waals surface area contributed by atoms with Gasteiger partial charge in [-0.1, -0.05) is 18.2 Å². The minimum Gasteiger partial charge on any atom is -0.398 e. The van der Waals surface area contributed by atoms with Crippen LogP contribution in [0.5, 0.6) is 0 Å². The molecule has 1 aliphatic carbocycles. The molecule has 0 aliphatic heterocycles. The Morgan fingerprint density at radius 1 is 1.12 bits per heavy atom. The molecule has 0 amide bonds. The van der Waals surface area contributed by atoms with Crippen molar-refractivity contribution in [3.05, 3.63) is 47.1 Å². The summed E-state index contributed by atoms with van der Waals surface area (Å²) in [6.07, 6.45) is 9.33. The molecule has 0 bridgehead atoms. The van der Waals surface area contributed by atoms with Crippen LogP contribution < -0.4 is 5.73 Å². The van der Waals surface area contributed by atoms with Crippen molar-refractivity contribution < 1.29 is 9.59 Å². The van der Waals surface area contributed by atoms with Crippen molar-refractivity contribution in [1.82, 2.24) is 0 Å². The highest BCUT2D eigenvalue weighted by molar-refractivity contribution is 5.95. The van der Waals surface area contributed by atoms with Crippen LogP contribution in [0.1, 0.15) is 39.1 Å². The molecule has 0 radical (unpaired) electrons. The standard InChI is InChI=1S/C14H13NO2/c15-14-12(8-16)6-11(7-13(14)9-17)10-4-2-1-3-5-10/h1-2,4,6-9H,3,5,15H2. The number of allylic oxidation sites excluding steroid dienone is 4. The lowest BCUT2D eigenvalue weighted by molar-refractivity contribution is 0.112. The van der Waals surface area contributed by atoms with Gasteiger partial charge in [-0.3, -0.25) is 9.59 Å². The van der Waals surface area contributed by atoms with E-state index in [0.717, 1.165) is 24.0 Å². The van der Waals surface area contributed by atoms with Crippen LogP contribution in [0.15, 0.2) is 30.4 Å². The Balaban J connectivity index is 2.55. The molecule has 86 valence electrons. The lowest BCUT2D eigenvalue weighted by Gasteiger charge is -2.12. The fourth-order valence-corrected chi connectivity index (χ4v) is 1.92. The van der Waals surface area contributed by atoms with Gasteiger partial charge in [-0.15, -0.1) is 0 Å². The first kappa shape index (κ1) is 11.3. The summed E-state index contributed by atoms with van der Waals surface area (Å²) in [6, 6.07) is 3.47. The van der Waals surface area contributed by atoms with Gasteiger partial charge in [-0.25, -0.2) is 0 Å². The third kappa shape index (κ3) is 2.18. The van der Waals surface area contributed by atoms with Gasteiger partial charge in [0.2, 0.25) is 0 Å². The second-order valence-electron chi connectivity index (χ2n) is 3.96. The second kappa shape index (κ2) is 4.78. The number of nitrogens with two attached hydrogens (primary N) is 1. The number of nitrogen functional groups attached to an aromatic ring is 1. The van der Waals surface area contributed by atoms with E-state index in [0.29, 0.717) is 23.7 Å². The zero-order valence-electron chi connectivity index (χ0n) is 9.35. The van der Waals surface area contributed by atoms with Crippen molar-refractivity contribution in [1.29, 1.82) is 0 Å². The molecule has 0 unspecified atom stereocenters. The first-order valence-corrected chi connectivity index (χ1v) is 5.46. The van der Waals surface area contributed by atoms with Gasteiger partial charge in [-0.2, -0.15) is 0 Å². The van der Waals surface area contributed by atoms with E-state index in [1.165, 1.54) is 0 Å². The van der Waals surface area contributed by atoms with Gasteiger partial charge in [0.15, 0.2) is 12.6 Å². The predicted molar refractivity (Wildman–Crippen MR) is 68.0 cm³/mol. The summed E-state index contributed by atoms with van der Waals surface area (Å²) in [6.45, 7) is 0. The predicted octanol–water partition coefficient (Wildman–Crippen LogP) is 2.63. The van der Waals surface area contributed by atoms with Crippen molar-refractivity contribution in [2.45, 2.75) is 12.8 Å². The highest BCUT2D eigenvalue weighted by atomic mass is 16.1. The van der Waals surface area contributed by atoms with Crippen molar-refractivity contribution in [2.24, 2.45) is 0 Å². The molecule has 17 heavy (non-hydrogen) atoms. The summed E-state index contributed by atoms with van der Waals surface area (Å²) in [5, 5.41) is 0. The Morgan fingerprint density at radius 2 is 1.76 bits per heavy atom. The van der Waals surface area contributed by atoms with Gasteiger partial charge in [0.05, 0.1) is 5.69 Å². The number of carbonyl (C=O) groups excluding carboxylic acids is 2. The molecule has 1 aliphatic rings. The number of carbonyl (C=O) groups is 2. The van der Waals surface area contributed by atoms with E-state index in [1.54, 1.807) is 12.1 Å². The molecular formula is C14H13NO2. The van der Waals surface area contributed by atoms with Gasteiger partial charge >= 0.3 is 0 Å². The van der Waals surface area contributed by atoms with Gasteiger partial charge < -0.3 is 5.73 Å². The van der Waals surface area contributed by atoms with Gasteiger partial charge in [0.25, 0.3) is 0 Å². The van der Waals surface area contributed by atoms with Crippen LogP contribution >= 0.6 is 0 Å². The van der Waals surface area contributed by atoms with Crippen LogP contribution in [0, 0.1) is 0 Å². The largest absolute Gasteiger partial charge is 0.398 e. The number of benzene rings is 1. The van der Waals surface area contributed by atoms with Crippen molar-refractivity contribution in [3.8, 4) is 0 Å². The average Bonchev–Trinajstić information content (AvgIpc) is 2.40. The number of anilines is 1. The van der Waals surface area contributed by atoms with Crippen LogP contribution in [0.2, 0.25) is 0 Å². The maximum atomic E-state index is 10.9. The third-order valence-corrected chi connectivity index (χ3v) is 2.88. The normalized spacial score (nSPS) is 14.2. The van der Waals surface area contributed by atoms with Crippen LogP contribution in [0.25, 0.3) is 5.57 Å². The molecule has 2 rings (SSSR count). The van der Waals surface area contributed by atoms with Gasteiger partial charge in [-0.05, 0) is 36.1 Å². The van der Waals surface area contributed by atoms with Crippen LogP contribution in [-0.2, 0) is 0 Å². The topological polar surface area (TPSA) is 60.2 Å². The first-order chi connectivity index (χ1) is 8.26. The molecule has 0 heterocycles. The van der Waals surface area contributed by atoms with E-state index in [-0.39, 0.29) is 5.69 Å². The minimum absolute atomic E-state index is 0.255. The van der Waals surface area contributed by atoms with Crippen LogP contribution in [-0.4, -0.2) is 12.6 Å². The van der Waals surface area contributed by atoms with Crippen LogP contribution in [0.3, 0.4) is 0 Å². The van der Waals surface area contributed by atoms with E-state index in [9.17, 15) is 9.59 Å². The summed E-state index contributed by atoms with van der Waals surface area (Å²) < 4.78 is 0. The Hall–Kier alpha value is -2.16. The highest BCUT2D eigenvalue weighted by Crippen LogP contribution is 2.27. The molecule has 2 N–H and O–H groups in total. The molecule has 3 nitrogen and oxygen atoms in total. The maximum Gasteiger partial charge on any atom is 0.152 e. The molecule has 0 spiro atoms. The third-order valence-electron chi connectivity index (χ3n) is 2.88. The highest BCUT2D eigenvalue weighted by Gasteiger charge is 2.10. The molecule has 1 aromatic carbocycles. The minimum atomic E-state index is 0.255. The van der Waals surface area contributed by atoms with Crippen molar-refractivity contribution >= 4 is 23.8 Å². The molecule has 0 aromatic heterocycles. The quantitative estimate of drug-likeness (QED) is 0.637. The smallest absolute Gasteiger partial charge is 0.152 e. The lowest BCUT2D eigenvalue weighted by atomic mass is 9.94. The molecule has 0 saturated heterocycles. The summed E-state index contributed by atoms with van der Waals surface area (Å²) in [7, 11) is 0. The van der Waals surface area contributed by atoms with E-state index in [1.807, 2.05) is 12.2 Å². The van der Waals surface area contributed by atoms with Crippen molar-refractivity contribution in [3.63, 3.8) is 0 Å². The first-order valence-electron chi connectivity index (χ1n) is 5.46. The number of hydrogen-bond donors (Lipinski definition) is 1. The Bertz CT molecular complexity index is 498. The molecule has 0 atom stereocenters. The fourth-order valence-electron chi connectivity index (χ4n) is 1.92. The summed E-state index contributed by atoms with van der Waals surface area (Å²) in [5.74, 6) is 0. The zero-order valence-corrected chi connectivity index (χ0v) is 9.35. The van der Waals surface area contributed by atoms with E-state index in [4.69, 9.17) is 5.73 Å². The van der Waals surface area contributed by atoms with Crippen molar-refractivity contribution in [2.75, 3.05) is 5.73 Å². The summed E-state index contributed by atoms with van der Waals surface area (Å²) >= 11 is 0. The SMILES string of the molecule is Nc1c(C=O)cc(C2=CC=CCC2)cc1C=O. The summed E-state index contributed by atoms with van der Waals surface area (Å²) in [4.78, 5) is 21.8. The molecule has 0 saturated carbocycles. The average molecular weight is 227 g/mol. The van der Waals surface area contributed by atoms with E-state index < -0.39 is 0 Å². The second-order valence-corrected chi connectivity index (χ2v) is 3.96. The lowest BCUT2D eigenvalue weighted by Crippen LogP contribution is -2.01.